The largest absolute Gasteiger partial charge is 0.309 e. The normalized spacial score (nSPS) is 11.8. The summed E-state index contributed by atoms with van der Waals surface area (Å²) >= 11 is 0. The molecule has 7 aromatic carbocycles. The molecule has 0 saturated carbocycles. The molecule has 0 unspecified atom stereocenters. The second-order valence-electron chi connectivity index (χ2n) is 12.5. The zero-order chi connectivity index (χ0) is 32.5. The molecular weight excluding hydrogens is 599 g/mol. The van der Waals surface area contributed by atoms with Crippen molar-refractivity contribution >= 4 is 49.3 Å². The van der Waals surface area contributed by atoms with Crippen molar-refractivity contribution in [2.75, 3.05) is 0 Å². The maximum absolute atomic E-state index is 14.9. The number of hydrogen-bond acceptors (Lipinski definition) is 1. The molecule has 0 fully saturated rings. The number of para-hydroxylation sites is 4. The van der Waals surface area contributed by atoms with E-state index < -0.39 is 0 Å². The van der Waals surface area contributed by atoms with Crippen LogP contribution in [-0.4, -0.2) is 13.5 Å². The summed E-state index contributed by atoms with van der Waals surface area (Å²) in [4.78, 5) is 14.9. The fourth-order valence-corrected chi connectivity index (χ4v) is 7.69. The minimum absolute atomic E-state index is 0.0442. The quantitative estimate of drug-likeness (QED) is 0.191. The van der Waals surface area contributed by atoms with Gasteiger partial charge in [0.1, 0.15) is 5.65 Å². The first-order valence-electron chi connectivity index (χ1n) is 16.6. The first-order chi connectivity index (χ1) is 24.3. The van der Waals surface area contributed by atoms with E-state index in [1.807, 2.05) is 47.0 Å². The van der Waals surface area contributed by atoms with Gasteiger partial charge in [0.15, 0.2) is 0 Å². The van der Waals surface area contributed by atoms with Crippen LogP contribution in [0.5, 0.6) is 0 Å². The lowest BCUT2D eigenvalue weighted by Crippen LogP contribution is -2.21. The summed E-state index contributed by atoms with van der Waals surface area (Å²) in [7, 11) is 0. The highest BCUT2D eigenvalue weighted by Gasteiger charge is 2.22. The second kappa shape index (κ2) is 10.7. The van der Waals surface area contributed by atoms with Crippen LogP contribution in [0.25, 0.3) is 82.9 Å². The van der Waals surface area contributed by atoms with Gasteiger partial charge in [0.05, 0.1) is 33.1 Å². The molecule has 0 saturated heterocycles. The van der Waals surface area contributed by atoms with Crippen molar-refractivity contribution in [2.24, 2.45) is 0 Å². The first kappa shape index (κ1) is 27.5. The van der Waals surface area contributed by atoms with Crippen LogP contribution in [0.1, 0.15) is 0 Å². The van der Waals surface area contributed by atoms with E-state index in [0.717, 1.165) is 61.2 Å². The van der Waals surface area contributed by atoms with Gasteiger partial charge in [-0.25, -0.2) is 0 Å². The predicted octanol–water partition coefficient (Wildman–Crippen LogP) is 10.8. The molecule has 10 aromatic rings. The summed E-state index contributed by atoms with van der Waals surface area (Å²) in [5.41, 5.74) is 11.2. The number of aromatic nitrogens is 3. The molecular formula is C45H29N3O. The van der Waals surface area contributed by atoms with Crippen LogP contribution >= 0.6 is 0 Å². The van der Waals surface area contributed by atoms with Crippen LogP contribution in [0, 0.1) is 0 Å². The smallest absolute Gasteiger partial charge is 0.266 e. The number of nitrogens with zero attached hydrogens (tertiary/aromatic N) is 3. The highest BCUT2D eigenvalue weighted by molar-refractivity contribution is 6.11. The molecule has 0 N–H and O–H groups in total. The van der Waals surface area contributed by atoms with E-state index in [2.05, 4.69) is 142 Å². The fraction of sp³-hybridized carbons (Fsp3) is 0. The molecule has 0 bridgehead atoms. The first-order valence-corrected chi connectivity index (χ1v) is 16.6. The van der Waals surface area contributed by atoms with Crippen molar-refractivity contribution in [1.82, 2.24) is 13.5 Å². The van der Waals surface area contributed by atoms with Gasteiger partial charge in [-0.3, -0.25) is 13.8 Å². The van der Waals surface area contributed by atoms with Crippen LogP contribution < -0.4 is 5.56 Å². The van der Waals surface area contributed by atoms with Crippen molar-refractivity contribution in [1.29, 1.82) is 0 Å². The Morgan fingerprint density at radius 2 is 0.837 bits per heavy atom. The molecule has 0 aliphatic heterocycles. The van der Waals surface area contributed by atoms with E-state index >= 15 is 0 Å². The van der Waals surface area contributed by atoms with Gasteiger partial charge in [0, 0.05) is 27.4 Å². The highest BCUT2D eigenvalue weighted by Crippen LogP contribution is 2.39. The third-order valence-corrected chi connectivity index (χ3v) is 9.83. The van der Waals surface area contributed by atoms with Gasteiger partial charge >= 0.3 is 0 Å². The van der Waals surface area contributed by atoms with Crippen molar-refractivity contribution in [3.63, 3.8) is 0 Å². The van der Waals surface area contributed by atoms with E-state index in [0.29, 0.717) is 5.39 Å². The lowest BCUT2D eigenvalue weighted by atomic mass is 10.0. The van der Waals surface area contributed by atoms with Crippen LogP contribution in [0.2, 0.25) is 0 Å². The monoisotopic (exact) mass is 627 g/mol. The van der Waals surface area contributed by atoms with E-state index in [-0.39, 0.29) is 5.56 Å². The average molecular weight is 628 g/mol. The maximum Gasteiger partial charge on any atom is 0.266 e. The molecule has 0 aliphatic carbocycles. The van der Waals surface area contributed by atoms with Gasteiger partial charge in [0.25, 0.3) is 5.56 Å². The van der Waals surface area contributed by atoms with E-state index in [1.54, 1.807) is 0 Å². The summed E-state index contributed by atoms with van der Waals surface area (Å²) in [5, 5.41) is 4.15. The Morgan fingerprint density at radius 3 is 1.53 bits per heavy atom. The summed E-state index contributed by atoms with van der Waals surface area (Å²) in [5.74, 6) is 0. The molecule has 3 aromatic heterocycles. The Balaban J connectivity index is 1.28. The van der Waals surface area contributed by atoms with Crippen LogP contribution in [0.15, 0.2) is 181 Å². The Hall–Kier alpha value is -6.65. The SMILES string of the molecule is O=c1c2cc(-c3ccc4c(c3)c3ccccc3n4-c3ccccc3)ccc2n2c3ccccc3c(-c3ccccc3)c2n1-c1ccccc1. The Bertz CT molecular complexity index is 2930. The lowest BCUT2D eigenvalue weighted by Gasteiger charge is -2.15. The molecule has 4 nitrogen and oxygen atoms in total. The van der Waals surface area contributed by atoms with Gasteiger partial charge < -0.3 is 4.57 Å². The van der Waals surface area contributed by atoms with Crippen LogP contribution in [0.4, 0.5) is 0 Å². The topological polar surface area (TPSA) is 31.3 Å². The maximum atomic E-state index is 14.9. The van der Waals surface area contributed by atoms with E-state index in [4.69, 9.17) is 0 Å². The zero-order valence-electron chi connectivity index (χ0n) is 26.5. The Kier molecular flexibility index (Phi) is 5.99. The molecule has 0 spiro atoms. The molecule has 0 atom stereocenters. The van der Waals surface area contributed by atoms with Crippen LogP contribution in [-0.2, 0) is 0 Å². The van der Waals surface area contributed by atoms with Gasteiger partial charge in [-0.1, -0.05) is 115 Å². The molecule has 0 radical (unpaired) electrons. The van der Waals surface area contributed by atoms with Crippen molar-refractivity contribution in [3.8, 4) is 33.6 Å². The summed E-state index contributed by atoms with van der Waals surface area (Å²) in [6.07, 6.45) is 0. The average Bonchev–Trinajstić information content (AvgIpc) is 3.69. The standard InChI is InChI=1S/C45H29N3O/c49-45-38-29-32(31-24-26-41-37(28-31)35-20-10-12-22-39(35)46(41)33-16-6-2-7-17-33)25-27-42(38)48-40-23-13-11-21-36(40)43(30-14-4-1-5-15-30)44(48)47(45)34-18-8-3-9-19-34/h1-29H. The number of fused-ring (bicyclic) bond motifs is 8. The minimum Gasteiger partial charge on any atom is -0.309 e. The molecule has 0 amide bonds. The minimum atomic E-state index is -0.0442. The number of rotatable bonds is 4. The highest BCUT2D eigenvalue weighted by atomic mass is 16.1. The molecule has 230 valence electrons. The van der Waals surface area contributed by atoms with Gasteiger partial charge in [0.2, 0.25) is 0 Å². The van der Waals surface area contributed by atoms with Gasteiger partial charge in [-0.15, -0.1) is 0 Å². The van der Waals surface area contributed by atoms with Crippen molar-refractivity contribution in [2.45, 2.75) is 0 Å². The molecule has 0 aliphatic rings. The van der Waals surface area contributed by atoms with Crippen molar-refractivity contribution in [3.05, 3.63) is 186 Å². The molecule has 49 heavy (non-hydrogen) atoms. The molecule has 10 rings (SSSR count). The van der Waals surface area contributed by atoms with E-state index in [9.17, 15) is 4.79 Å². The molecule has 4 heteroatoms. The Morgan fingerprint density at radius 1 is 0.347 bits per heavy atom. The third-order valence-electron chi connectivity index (χ3n) is 9.83. The molecule has 3 heterocycles. The number of hydrogen-bond donors (Lipinski definition) is 0. The third kappa shape index (κ3) is 4.07. The fourth-order valence-electron chi connectivity index (χ4n) is 7.69. The van der Waals surface area contributed by atoms with Crippen LogP contribution in [0.3, 0.4) is 0 Å². The van der Waals surface area contributed by atoms with Gasteiger partial charge in [-0.05, 0) is 77.4 Å². The lowest BCUT2D eigenvalue weighted by molar-refractivity contribution is 1.01. The predicted molar refractivity (Wildman–Crippen MR) is 203 cm³/mol. The summed E-state index contributed by atoms with van der Waals surface area (Å²) in [6, 6.07) is 60.9. The van der Waals surface area contributed by atoms with E-state index in [1.165, 1.54) is 16.3 Å². The summed E-state index contributed by atoms with van der Waals surface area (Å²) < 4.78 is 6.48. The zero-order valence-corrected chi connectivity index (χ0v) is 26.5. The second-order valence-corrected chi connectivity index (χ2v) is 12.5. The summed E-state index contributed by atoms with van der Waals surface area (Å²) in [6.45, 7) is 0. The number of benzene rings is 7. The Labute approximate surface area is 282 Å². The van der Waals surface area contributed by atoms with Crippen molar-refractivity contribution < 1.29 is 0 Å². The van der Waals surface area contributed by atoms with Gasteiger partial charge in [-0.2, -0.15) is 0 Å².